The molecule has 0 bridgehead atoms. The zero-order chi connectivity index (χ0) is 16.2. The molecule has 7 heteroatoms. The van der Waals surface area contributed by atoms with Gasteiger partial charge in [-0.25, -0.2) is 4.79 Å². The van der Waals surface area contributed by atoms with Crippen LogP contribution in [-0.2, 0) is 6.18 Å². The van der Waals surface area contributed by atoms with Gasteiger partial charge in [-0.3, -0.25) is 0 Å². The first-order valence-corrected chi connectivity index (χ1v) is 6.14. The highest BCUT2D eigenvalue weighted by Crippen LogP contribution is 2.29. The molecule has 4 nitrogen and oxygen atoms in total. The second-order valence-corrected chi connectivity index (χ2v) is 4.35. The number of carbonyl (C=O) groups excluding carboxylic acids is 1. The number of nitriles is 1. The van der Waals surface area contributed by atoms with Gasteiger partial charge in [-0.15, -0.1) is 0 Å². The fourth-order valence-corrected chi connectivity index (χ4v) is 1.70. The molecular formula is C15H10F3N3O. The molecule has 0 radical (unpaired) electrons. The molecule has 2 amide bonds. The van der Waals surface area contributed by atoms with Gasteiger partial charge in [0.2, 0.25) is 0 Å². The average Bonchev–Trinajstić information content (AvgIpc) is 2.47. The zero-order valence-corrected chi connectivity index (χ0v) is 11.1. The number of halogens is 3. The zero-order valence-electron chi connectivity index (χ0n) is 11.1. The van der Waals surface area contributed by atoms with E-state index in [-0.39, 0.29) is 5.69 Å². The Morgan fingerprint density at radius 2 is 1.64 bits per heavy atom. The standard InChI is InChI=1S/C15H10F3N3O/c16-15(17,18)11-4-6-12(7-5-11)20-14(22)21-13-3-1-2-10(8-13)9-19/h1-8H,(H2,20,21,22). The van der Waals surface area contributed by atoms with Crippen LogP contribution in [0.4, 0.5) is 29.3 Å². The van der Waals surface area contributed by atoms with Crippen LogP contribution in [0.15, 0.2) is 48.5 Å². The molecule has 0 heterocycles. The lowest BCUT2D eigenvalue weighted by Crippen LogP contribution is -2.19. The number of urea groups is 1. The van der Waals surface area contributed by atoms with Gasteiger partial charge in [0.25, 0.3) is 0 Å². The van der Waals surface area contributed by atoms with E-state index in [4.69, 9.17) is 5.26 Å². The van der Waals surface area contributed by atoms with Crippen molar-refractivity contribution in [3.05, 3.63) is 59.7 Å². The highest BCUT2D eigenvalue weighted by atomic mass is 19.4. The van der Waals surface area contributed by atoms with Crippen LogP contribution in [0, 0.1) is 11.3 Å². The summed E-state index contributed by atoms with van der Waals surface area (Å²) in [6, 6.07) is 11.7. The lowest BCUT2D eigenvalue weighted by Gasteiger charge is -2.10. The lowest BCUT2D eigenvalue weighted by atomic mass is 10.2. The first-order chi connectivity index (χ1) is 10.4. The maximum Gasteiger partial charge on any atom is 0.416 e. The summed E-state index contributed by atoms with van der Waals surface area (Å²) in [5.74, 6) is 0. The number of hydrogen-bond donors (Lipinski definition) is 2. The Labute approximate surface area is 124 Å². The number of rotatable bonds is 2. The van der Waals surface area contributed by atoms with E-state index in [9.17, 15) is 18.0 Å². The highest BCUT2D eigenvalue weighted by molar-refractivity contribution is 5.99. The van der Waals surface area contributed by atoms with E-state index >= 15 is 0 Å². The van der Waals surface area contributed by atoms with Gasteiger partial charge in [0.15, 0.2) is 0 Å². The molecule has 22 heavy (non-hydrogen) atoms. The van der Waals surface area contributed by atoms with E-state index in [2.05, 4.69) is 10.6 Å². The molecule has 0 atom stereocenters. The Hall–Kier alpha value is -3.01. The van der Waals surface area contributed by atoms with Crippen molar-refractivity contribution in [1.82, 2.24) is 0 Å². The summed E-state index contributed by atoms with van der Waals surface area (Å²) in [5, 5.41) is 13.6. The second kappa shape index (κ2) is 6.18. The van der Waals surface area contributed by atoms with Gasteiger partial charge in [-0.2, -0.15) is 18.4 Å². The van der Waals surface area contributed by atoms with Crippen molar-refractivity contribution in [2.45, 2.75) is 6.18 Å². The number of amides is 2. The van der Waals surface area contributed by atoms with Gasteiger partial charge in [-0.1, -0.05) is 6.07 Å². The molecule has 0 saturated carbocycles. The third-order valence-corrected chi connectivity index (χ3v) is 2.72. The minimum Gasteiger partial charge on any atom is -0.308 e. The molecule has 0 saturated heterocycles. The van der Waals surface area contributed by atoms with Gasteiger partial charge in [-0.05, 0) is 42.5 Å². The maximum absolute atomic E-state index is 12.4. The van der Waals surface area contributed by atoms with Crippen molar-refractivity contribution in [2.75, 3.05) is 10.6 Å². The Kier molecular flexibility index (Phi) is 4.32. The Morgan fingerprint density at radius 1 is 1.00 bits per heavy atom. The summed E-state index contributed by atoms with van der Waals surface area (Å²) in [7, 11) is 0. The average molecular weight is 305 g/mol. The van der Waals surface area contributed by atoms with E-state index in [1.165, 1.54) is 6.07 Å². The van der Waals surface area contributed by atoms with E-state index in [0.29, 0.717) is 11.3 Å². The van der Waals surface area contributed by atoms with Crippen LogP contribution in [0.2, 0.25) is 0 Å². The van der Waals surface area contributed by atoms with E-state index in [1.54, 1.807) is 18.2 Å². The van der Waals surface area contributed by atoms with Crippen LogP contribution < -0.4 is 10.6 Å². The van der Waals surface area contributed by atoms with Crippen LogP contribution in [0.5, 0.6) is 0 Å². The summed E-state index contributed by atoms with van der Waals surface area (Å²) in [5.41, 5.74) is 0.220. The number of alkyl halides is 3. The normalized spacial score (nSPS) is 10.6. The molecule has 0 aliphatic rings. The maximum atomic E-state index is 12.4. The molecule has 0 unspecified atom stereocenters. The predicted molar refractivity (Wildman–Crippen MR) is 75.2 cm³/mol. The second-order valence-electron chi connectivity index (χ2n) is 4.35. The molecule has 0 aliphatic carbocycles. The van der Waals surface area contributed by atoms with E-state index < -0.39 is 17.8 Å². The lowest BCUT2D eigenvalue weighted by molar-refractivity contribution is -0.137. The number of benzene rings is 2. The molecule has 0 fully saturated rings. The van der Waals surface area contributed by atoms with Gasteiger partial charge in [0.1, 0.15) is 0 Å². The Morgan fingerprint density at radius 3 is 2.23 bits per heavy atom. The van der Waals surface area contributed by atoms with Crippen molar-refractivity contribution in [3.63, 3.8) is 0 Å². The van der Waals surface area contributed by atoms with E-state index in [0.717, 1.165) is 24.3 Å². The van der Waals surface area contributed by atoms with Crippen LogP contribution in [0.25, 0.3) is 0 Å². The van der Waals surface area contributed by atoms with Crippen LogP contribution in [0.3, 0.4) is 0 Å². The minimum absolute atomic E-state index is 0.224. The smallest absolute Gasteiger partial charge is 0.308 e. The van der Waals surface area contributed by atoms with Crippen molar-refractivity contribution >= 4 is 17.4 Å². The summed E-state index contributed by atoms with van der Waals surface area (Å²) in [6.07, 6.45) is -4.42. The third-order valence-electron chi connectivity index (χ3n) is 2.72. The van der Waals surface area contributed by atoms with Crippen LogP contribution in [-0.4, -0.2) is 6.03 Å². The third kappa shape index (κ3) is 3.99. The number of nitrogens with zero attached hydrogens (tertiary/aromatic N) is 1. The molecular weight excluding hydrogens is 295 g/mol. The predicted octanol–water partition coefficient (Wildman–Crippen LogP) is 4.22. The van der Waals surface area contributed by atoms with Crippen molar-refractivity contribution in [1.29, 1.82) is 5.26 Å². The number of carbonyl (C=O) groups is 1. The fourth-order valence-electron chi connectivity index (χ4n) is 1.70. The SMILES string of the molecule is N#Cc1cccc(NC(=O)Nc2ccc(C(F)(F)F)cc2)c1. The van der Waals surface area contributed by atoms with Crippen LogP contribution >= 0.6 is 0 Å². The topological polar surface area (TPSA) is 64.9 Å². The number of nitrogens with one attached hydrogen (secondary N) is 2. The molecule has 2 N–H and O–H groups in total. The molecule has 2 aromatic carbocycles. The largest absolute Gasteiger partial charge is 0.416 e. The summed E-state index contributed by atoms with van der Waals surface area (Å²) in [4.78, 5) is 11.7. The number of anilines is 2. The van der Waals surface area contributed by atoms with Crippen LogP contribution in [0.1, 0.15) is 11.1 Å². The minimum atomic E-state index is -4.42. The quantitative estimate of drug-likeness (QED) is 0.872. The summed E-state index contributed by atoms with van der Waals surface area (Å²) >= 11 is 0. The first kappa shape index (κ1) is 15.4. The van der Waals surface area contributed by atoms with E-state index in [1.807, 2.05) is 6.07 Å². The summed E-state index contributed by atoms with van der Waals surface area (Å²) in [6.45, 7) is 0. The molecule has 0 aliphatic heterocycles. The van der Waals surface area contributed by atoms with Crippen molar-refractivity contribution in [2.24, 2.45) is 0 Å². The van der Waals surface area contributed by atoms with Crippen molar-refractivity contribution in [3.8, 4) is 6.07 Å². The highest BCUT2D eigenvalue weighted by Gasteiger charge is 2.29. The van der Waals surface area contributed by atoms with Gasteiger partial charge in [0, 0.05) is 11.4 Å². The molecule has 112 valence electrons. The molecule has 2 aromatic rings. The Balaban J connectivity index is 2.01. The first-order valence-electron chi connectivity index (χ1n) is 6.14. The van der Waals surface area contributed by atoms with Gasteiger partial charge >= 0.3 is 12.2 Å². The fraction of sp³-hybridized carbons (Fsp3) is 0.0667. The molecule has 0 spiro atoms. The van der Waals surface area contributed by atoms with Gasteiger partial charge in [0.05, 0.1) is 17.2 Å². The van der Waals surface area contributed by atoms with Crippen molar-refractivity contribution < 1.29 is 18.0 Å². The summed E-state index contributed by atoms with van der Waals surface area (Å²) < 4.78 is 37.2. The monoisotopic (exact) mass is 305 g/mol. The Bertz CT molecular complexity index is 718. The molecule has 2 rings (SSSR count). The molecule has 0 aromatic heterocycles. The number of hydrogen-bond acceptors (Lipinski definition) is 2. The van der Waals surface area contributed by atoms with Gasteiger partial charge < -0.3 is 10.6 Å².